The topological polar surface area (TPSA) is 221 Å². The first-order valence-corrected chi connectivity index (χ1v) is 9.44. The second-order valence-corrected chi connectivity index (χ2v) is 7.30. The van der Waals surface area contributed by atoms with Crippen LogP contribution in [0.1, 0.15) is 0 Å². The highest BCUT2D eigenvalue weighted by molar-refractivity contribution is 6.18. The second-order valence-electron chi connectivity index (χ2n) is 6.68. The van der Waals surface area contributed by atoms with Crippen LogP contribution in [0.25, 0.3) is 0 Å². The smallest absolute Gasteiger partial charge is 0.391 e. The number of halogens is 2. The average molecular weight is 479 g/mol. The summed E-state index contributed by atoms with van der Waals surface area (Å²) < 4.78 is 4.73. The van der Waals surface area contributed by atoms with E-state index in [9.17, 15) is 40.5 Å². The third-order valence-corrected chi connectivity index (χ3v) is 5.05. The van der Waals surface area contributed by atoms with Gasteiger partial charge in [0.2, 0.25) is 0 Å². The maximum absolute atomic E-state index is 10.5. The lowest BCUT2D eigenvalue weighted by Crippen LogP contribution is -2.70. The fourth-order valence-corrected chi connectivity index (χ4v) is 2.55. The number of nitrogens with zero attached hydrogens (tertiary/aromatic N) is 5. The molecule has 0 aromatic rings. The molecule has 0 saturated carbocycles. The Labute approximate surface area is 178 Å². The van der Waals surface area contributed by atoms with Gasteiger partial charge in [0, 0.05) is 12.4 Å². The summed E-state index contributed by atoms with van der Waals surface area (Å²) in [5.74, 6) is 0.667. The Hall–Kier alpha value is -1.98. The number of epoxide rings is 1. The number of likely N-dealkylation sites (tertiary alicyclic amines) is 1. The average Bonchev–Trinajstić information content (AvgIpc) is 3.40. The van der Waals surface area contributed by atoms with Gasteiger partial charge >= 0.3 is 11.3 Å². The van der Waals surface area contributed by atoms with Crippen LogP contribution in [-0.2, 0) is 4.74 Å². The number of nitrogens with one attached hydrogen (secondary N) is 1. The normalized spacial score (nSPS) is 23.6. The summed E-state index contributed by atoms with van der Waals surface area (Å²) in [6.45, 7) is 0.0678. The zero-order valence-electron chi connectivity index (χ0n) is 15.4. The lowest BCUT2D eigenvalue weighted by atomic mass is 10.0. The first-order valence-electron chi connectivity index (χ1n) is 8.38. The van der Waals surface area contributed by atoms with Crippen LogP contribution < -0.4 is 5.32 Å². The van der Waals surface area contributed by atoms with Crippen LogP contribution in [0.2, 0.25) is 0 Å². The zero-order chi connectivity index (χ0) is 23.1. The van der Waals surface area contributed by atoms with Gasteiger partial charge in [-0.3, -0.25) is 50.7 Å². The van der Waals surface area contributed by atoms with Crippen LogP contribution in [0, 0.1) is 40.5 Å². The maximum atomic E-state index is 10.5. The van der Waals surface area contributed by atoms with Crippen molar-refractivity contribution in [1.82, 2.24) is 10.2 Å². The monoisotopic (exact) mass is 478 g/mol. The molecule has 0 spiro atoms. The van der Waals surface area contributed by atoms with Crippen molar-refractivity contribution in [1.29, 1.82) is 0 Å². The molecule has 172 valence electrons. The highest BCUT2D eigenvalue weighted by Crippen LogP contribution is 2.25. The van der Waals surface area contributed by atoms with Crippen LogP contribution in [0.3, 0.4) is 0 Å². The summed E-state index contributed by atoms with van der Waals surface area (Å²) in [5.41, 5.74) is -4.05. The van der Waals surface area contributed by atoms with E-state index in [1.165, 1.54) is 4.90 Å². The minimum atomic E-state index is -2.11. The van der Waals surface area contributed by atoms with Crippen LogP contribution in [0.5, 0.6) is 0 Å². The molecule has 3 aliphatic rings. The van der Waals surface area contributed by atoms with E-state index in [1.54, 1.807) is 0 Å². The van der Waals surface area contributed by atoms with Crippen molar-refractivity contribution < 1.29 is 29.5 Å². The third kappa shape index (κ3) is 6.26. The Morgan fingerprint density at radius 1 is 1.00 bits per heavy atom. The number of rotatable bonds is 8. The number of hydrogen-bond donors (Lipinski definition) is 2. The van der Waals surface area contributed by atoms with E-state index in [-0.39, 0.29) is 38.6 Å². The predicted octanol–water partition coefficient (Wildman–Crippen LogP) is -1.39. The van der Waals surface area contributed by atoms with Crippen molar-refractivity contribution in [2.24, 2.45) is 0 Å². The minimum Gasteiger partial charge on any atom is -0.391 e. The number of aliphatic hydroxyl groups is 1. The molecule has 3 heterocycles. The number of nitro groups is 4. The lowest BCUT2D eigenvalue weighted by Gasteiger charge is -2.36. The van der Waals surface area contributed by atoms with Crippen LogP contribution in [0.4, 0.5) is 0 Å². The molecule has 2 atom stereocenters. The molecule has 16 nitrogen and oxygen atoms in total. The Kier molecular flexibility index (Phi) is 9.44. The molecule has 0 radical (unpaired) electrons. The van der Waals surface area contributed by atoms with Crippen molar-refractivity contribution in [3.8, 4) is 0 Å². The largest absolute Gasteiger partial charge is 0.482 e. The van der Waals surface area contributed by atoms with Gasteiger partial charge in [-0.2, -0.15) is 0 Å². The summed E-state index contributed by atoms with van der Waals surface area (Å²) in [7, 11) is 0. The Morgan fingerprint density at radius 3 is 1.60 bits per heavy atom. The van der Waals surface area contributed by atoms with Gasteiger partial charge in [-0.25, -0.2) is 0 Å². The summed E-state index contributed by atoms with van der Waals surface area (Å²) in [4.78, 5) is 39.1. The summed E-state index contributed by atoms with van der Waals surface area (Å²) in [5, 5.41) is 52.7. The fraction of sp³-hybridized carbons (Fsp3) is 1.00. The molecule has 3 aliphatic heterocycles. The third-order valence-electron chi connectivity index (χ3n) is 4.35. The highest BCUT2D eigenvalue weighted by atomic mass is 35.5. The van der Waals surface area contributed by atoms with Crippen molar-refractivity contribution in [2.45, 2.75) is 23.5 Å². The predicted molar refractivity (Wildman–Crippen MR) is 99.9 cm³/mol. The lowest BCUT2D eigenvalue weighted by molar-refractivity contribution is -0.811. The molecule has 18 heteroatoms. The summed E-state index contributed by atoms with van der Waals surface area (Å²) in [6, 6.07) is 0. The van der Waals surface area contributed by atoms with Crippen molar-refractivity contribution in [3.05, 3.63) is 40.5 Å². The number of β-amino-alcohol motifs (C(OH)–C–C–N with tert-alkyl or cyclic N) is 1. The molecule has 2 N–H and O–H groups in total. The maximum Gasteiger partial charge on any atom is 0.482 e. The molecule has 2 unspecified atom stereocenters. The van der Waals surface area contributed by atoms with E-state index < -0.39 is 37.1 Å². The van der Waals surface area contributed by atoms with E-state index in [0.29, 0.717) is 12.0 Å². The molecule has 0 aliphatic carbocycles. The highest BCUT2D eigenvalue weighted by Gasteiger charge is 2.66. The van der Waals surface area contributed by atoms with E-state index in [4.69, 9.17) is 33.0 Å². The number of aliphatic hydroxyl groups excluding tert-OH is 1. The number of ether oxygens (including phenoxy) is 1. The van der Waals surface area contributed by atoms with Gasteiger partial charge in [-0.05, 0) is 0 Å². The van der Waals surface area contributed by atoms with Gasteiger partial charge in [0.25, 0.3) is 0 Å². The Balaban J connectivity index is 0.000000255. The first kappa shape index (κ1) is 26.1. The van der Waals surface area contributed by atoms with Crippen molar-refractivity contribution in [3.63, 3.8) is 0 Å². The molecule has 3 rings (SSSR count). The van der Waals surface area contributed by atoms with Gasteiger partial charge in [0.15, 0.2) is 0 Å². The molecular formula is C12H20Cl2N6O10. The second kappa shape index (κ2) is 10.9. The summed E-state index contributed by atoms with van der Waals surface area (Å²) >= 11 is 10.6. The zero-order valence-corrected chi connectivity index (χ0v) is 16.9. The summed E-state index contributed by atoms with van der Waals surface area (Å²) in [6.07, 6.45) is -0.417. The molecule has 3 saturated heterocycles. The van der Waals surface area contributed by atoms with Crippen LogP contribution in [0.15, 0.2) is 0 Å². The van der Waals surface area contributed by atoms with E-state index >= 15 is 0 Å². The molecule has 0 aromatic carbocycles. The quantitative estimate of drug-likeness (QED) is 0.135. The molecular weight excluding hydrogens is 459 g/mol. The Bertz CT molecular complexity index is 623. The van der Waals surface area contributed by atoms with Gasteiger partial charge in [-0.15, -0.1) is 23.2 Å². The van der Waals surface area contributed by atoms with Gasteiger partial charge in [0.05, 0.1) is 24.7 Å². The molecule has 0 bridgehead atoms. The minimum absolute atomic E-state index is 0.000425. The van der Waals surface area contributed by atoms with Crippen LogP contribution >= 0.6 is 23.2 Å². The first-order chi connectivity index (χ1) is 13.9. The van der Waals surface area contributed by atoms with Crippen molar-refractivity contribution in [2.75, 3.05) is 51.1 Å². The SMILES string of the molecule is ClCC1CO1.O=[N+]([O-])C1([N+](=O)[O-])CN(CC(O)CCl)C1.O=[N+]([O-])C1([N+](=O)[O-])CNC1. The van der Waals surface area contributed by atoms with Crippen molar-refractivity contribution >= 4 is 23.2 Å². The van der Waals surface area contributed by atoms with Gasteiger partial charge in [0.1, 0.15) is 45.9 Å². The molecule has 3 fully saturated rings. The van der Waals surface area contributed by atoms with E-state index in [1.807, 2.05) is 0 Å². The Morgan fingerprint density at radius 2 is 1.43 bits per heavy atom. The van der Waals surface area contributed by atoms with Gasteiger partial charge in [-0.1, -0.05) is 0 Å². The van der Waals surface area contributed by atoms with Gasteiger partial charge < -0.3 is 9.84 Å². The van der Waals surface area contributed by atoms with E-state index in [2.05, 4.69) is 5.32 Å². The fourth-order valence-electron chi connectivity index (χ4n) is 2.27. The molecule has 30 heavy (non-hydrogen) atoms. The van der Waals surface area contributed by atoms with Crippen LogP contribution in [-0.4, -0.2) is 104 Å². The number of hydrogen-bond acceptors (Lipinski definition) is 12. The standard InChI is InChI=1S/C6H10ClN3O5.C3H5ClO.C3H5N3O4/c7-1-5(11)2-8-3-6(4-8,9(12)13)10(14)15;4-1-3-2-5-3;7-5(8)3(6(9)10)1-4-2-3/h5,11H,1-4H2;3H,1-2H2;4H,1-2H2. The number of alkyl halides is 2. The molecule has 0 aromatic heterocycles. The molecule has 0 amide bonds. The van der Waals surface area contributed by atoms with E-state index in [0.717, 1.165) is 6.61 Å².